The molecule has 0 saturated heterocycles. The maximum atomic E-state index is 12.1. The molecule has 1 aromatic heterocycles. The largest absolute Gasteiger partial charge is 0.493 e. The van der Waals surface area contributed by atoms with Crippen molar-refractivity contribution in [3.8, 4) is 11.5 Å². The molecule has 1 amide bonds. The molecule has 6 heteroatoms. The lowest BCUT2D eigenvalue weighted by atomic mass is 10.1. The number of nitrogens with one attached hydrogen (secondary N) is 1. The van der Waals surface area contributed by atoms with E-state index >= 15 is 0 Å². The van der Waals surface area contributed by atoms with Gasteiger partial charge < -0.3 is 14.8 Å². The fourth-order valence-electron chi connectivity index (χ4n) is 2.22. The quantitative estimate of drug-likeness (QED) is 0.845. The average molecular weight is 329 g/mol. The van der Waals surface area contributed by atoms with Gasteiger partial charge in [-0.3, -0.25) is 4.79 Å². The Morgan fingerprint density at radius 2 is 1.83 bits per heavy atom. The zero-order valence-corrected chi connectivity index (χ0v) is 14.5. The molecule has 2 rings (SSSR count). The first-order chi connectivity index (χ1) is 11.5. The van der Waals surface area contributed by atoms with Crippen molar-refractivity contribution in [2.75, 3.05) is 20.8 Å². The summed E-state index contributed by atoms with van der Waals surface area (Å²) in [5.41, 5.74) is 2.25. The maximum Gasteiger partial charge on any atom is 0.271 e. The van der Waals surface area contributed by atoms with Crippen LogP contribution in [0.4, 0.5) is 0 Å². The summed E-state index contributed by atoms with van der Waals surface area (Å²) in [7, 11) is 3.20. The smallest absolute Gasteiger partial charge is 0.271 e. The van der Waals surface area contributed by atoms with Crippen molar-refractivity contribution < 1.29 is 14.3 Å². The third-order valence-electron chi connectivity index (χ3n) is 3.66. The topological polar surface area (TPSA) is 73.3 Å². The molecule has 1 N–H and O–H groups in total. The molecule has 0 fully saturated rings. The van der Waals surface area contributed by atoms with E-state index < -0.39 is 0 Å². The van der Waals surface area contributed by atoms with Crippen molar-refractivity contribution in [1.82, 2.24) is 15.5 Å². The molecule has 0 saturated carbocycles. The van der Waals surface area contributed by atoms with Crippen molar-refractivity contribution in [3.63, 3.8) is 0 Å². The van der Waals surface area contributed by atoms with E-state index in [1.165, 1.54) is 0 Å². The maximum absolute atomic E-state index is 12.1. The number of methoxy groups -OCH3 is 2. The lowest BCUT2D eigenvalue weighted by molar-refractivity contribution is 0.0948. The van der Waals surface area contributed by atoms with Crippen molar-refractivity contribution in [1.29, 1.82) is 0 Å². The molecule has 0 aliphatic rings. The molecule has 128 valence electrons. The molecule has 0 radical (unpaired) electrons. The van der Waals surface area contributed by atoms with Gasteiger partial charge in [-0.15, -0.1) is 5.10 Å². The highest BCUT2D eigenvalue weighted by atomic mass is 16.5. The van der Waals surface area contributed by atoms with Gasteiger partial charge in [-0.25, -0.2) is 0 Å². The first-order valence-corrected chi connectivity index (χ1v) is 7.88. The number of nitrogens with zero attached hydrogens (tertiary/aromatic N) is 2. The minimum absolute atomic E-state index is 0.224. The Balaban J connectivity index is 1.90. The Bertz CT molecular complexity index is 684. The molecule has 0 bridgehead atoms. The van der Waals surface area contributed by atoms with Crippen LogP contribution in [0.2, 0.25) is 0 Å². The number of benzene rings is 1. The zero-order valence-electron chi connectivity index (χ0n) is 14.5. The summed E-state index contributed by atoms with van der Waals surface area (Å²) in [4.78, 5) is 12.1. The van der Waals surface area contributed by atoms with E-state index in [2.05, 4.69) is 15.5 Å². The molecule has 0 atom stereocenters. The summed E-state index contributed by atoms with van der Waals surface area (Å²) in [6.45, 7) is 4.57. The van der Waals surface area contributed by atoms with Crippen LogP contribution in [0.3, 0.4) is 0 Å². The lowest BCUT2D eigenvalue weighted by Gasteiger charge is -2.10. The predicted octanol–water partition coefficient (Wildman–Crippen LogP) is 2.59. The summed E-state index contributed by atoms with van der Waals surface area (Å²) < 4.78 is 10.5. The Morgan fingerprint density at radius 1 is 1.08 bits per heavy atom. The molecule has 1 heterocycles. The number of hydrogen-bond donors (Lipinski definition) is 1. The van der Waals surface area contributed by atoms with Gasteiger partial charge in [-0.1, -0.05) is 19.9 Å². The third kappa shape index (κ3) is 4.44. The SMILES string of the molecule is COc1ccc(CCNC(=O)c2ccc(C(C)C)nn2)cc1OC. The molecule has 0 unspecified atom stereocenters. The van der Waals surface area contributed by atoms with E-state index in [-0.39, 0.29) is 5.91 Å². The second kappa shape index (κ2) is 8.29. The van der Waals surface area contributed by atoms with Crippen molar-refractivity contribution in [3.05, 3.63) is 47.3 Å². The Labute approximate surface area is 142 Å². The van der Waals surface area contributed by atoms with Crippen molar-refractivity contribution in [2.24, 2.45) is 0 Å². The molecule has 6 nitrogen and oxygen atoms in total. The number of amides is 1. The van der Waals surface area contributed by atoms with E-state index in [1.54, 1.807) is 20.3 Å². The van der Waals surface area contributed by atoms with Gasteiger partial charge in [-0.05, 0) is 42.2 Å². The van der Waals surface area contributed by atoms with Gasteiger partial charge in [-0.2, -0.15) is 5.10 Å². The van der Waals surface area contributed by atoms with Crippen LogP contribution in [0.15, 0.2) is 30.3 Å². The average Bonchev–Trinajstić information content (AvgIpc) is 2.61. The fraction of sp³-hybridized carbons (Fsp3) is 0.389. The van der Waals surface area contributed by atoms with Crippen molar-refractivity contribution in [2.45, 2.75) is 26.2 Å². The molecule has 0 aliphatic heterocycles. The summed E-state index contributed by atoms with van der Waals surface area (Å²) in [5.74, 6) is 1.43. The second-order valence-electron chi connectivity index (χ2n) is 5.69. The van der Waals surface area contributed by atoms with Gasteiger partial charge in [0.1, 0.15) is 0 Å². The third-order valence-corrected chi connectivity index (χ3v) is 3.66. The Kier molecular flexibility index (Phi) is 6.12. The van der Waals surface area contributed by atoms with Gasteiger partial charge in [0.2, 0.25) is 0 Å². The summed E-state index contributed by atoms with van der Waals surface area (Å²) >= 11 is 0. The zero-order chi connectivity index (χ0) is 17.5. The van der Waals surface area contributed by atoms with Gasteiger partial charge in [0.05, 0.1) is 19.9 Å². The molecular formula is C18H23N3O3. The number of hydrogen-bond acceptors (Lipinski definition) is 5. The number of aromatic nitrogens is 2. The summed E-state index contributed by atoms with van der Waals surface area (Å²) in [6.07, 6.45) is 0.684. The van der Waals surface area contributed by atoms with Gasteiger partial charge in [0.25, 0.3) is 5.91 Å². The van der Waals surface area contributed by atoms with Crippen LogP contribution >= 0.6 is 0 Å². The van der Waals surface area contributed by atoms with Gasteiger partial charge >= 0.3 is 0 Å². The molecule has 2 aromatic rings. The molecule has 24 heavy (non-hydrogen) atoms. The monoisotopic (exact) mass is 329 g/mol. The van der Waals surface area contributed by atoms with Crippen LogP contribution in [0.1, 0.15) is 41.5 Å². The predicted molar refractivity (Wildman–Crippen MR) is 91.7 cm³/mol. The van der Waals surface area contributed by atoms with Crippen LogP contribution < -0.4 is 14.8 Å². The second-order valence-corrected chi connectivity index (χ2v) is 5.69. The summed E-state index contributed by atoms with van der Waals surface area (Å²) in [5, 5.41) is 10.9. The number of rotatable bonds is 7. The summed E-state index contributed by atoms with van der Waals surface area (Å²) in [6, 6.07) is 9.24. The van der Waals surface area contributed by atoms with E-state index in [1.807, 2.05) is 38.1 Å². The van der Waals surface area contributed by atoms with Crippen molar-refractivity contribution >= 4 is 5.91 Å². The van der Waals surface area contributed by atoms with E-state index in [4.69, 9.17) is 9.47 Å². The first-order valence-electron chi connectivity index (χ1n) is 7.88. The molecule has 0 aliphatic carbocycles. The van der Waals surface area contributed by atoms with Crippen LogP contribution in [0.5, 0.6) is 11.5 Å². The molecular weight excluding hydrogens is 306 g/mol. The normalized spacial score (nSPS) is 10.5. The van der Waals surface area contributed by atoms with Crippen LogP contribution in [-0.4, -0.2) is 36.9 Å². The standard InChI is InChI=1S/C18H23N3O3/c1-12(2)14-6-7-15(21-20-14)18(22)19-10-9-13-5-8-16(23-3)17(11-13)24-4/h5-8,11-12H,9-10H2,1-4H3,(H,19,22). The highest BCUT2D eigenvalue weighted by Crippen LogP contribution is 2.27. The molecule has 1 aromatic carbocycles. The van der Waals surface area contributed by atoms with Crippen LogP contribution in [0.25, 0.3) is 0 Å². The van der Waals surface area contributed by atoms with E-state index in [0.717, 1.165) is 11.3 Å². The van der Waals surface area contributed by atoms with E-state index in [9.17, 15) is 4.79 Å². The first kappa shape index (κ1) is 17.7. The number of ether oxygens (including phenoxy) is 2. The van der Waals surface area contributed by atoms with Crippen LogP contribution in [0, 0.1) is 0 Å². The lowest BCUT2D eigenvalue weighted by Crippen LogP contribution is -2.26. The van der Waals surface area contributed by atoms with Crippen LogP contribution in [-0.2, 0) is 6.42 Å². The molecule has 0 spiro atoms. The van der Waals surface area contributed by atoms with Gasteiger partial charge in [0, 0.05) is 6.54 Å². The highest BCUT2D eigenvalue weighted by Gasteiger charge is 2.10. The minimum atomic E-state index is -0.224. The minimum Gasteiger partial charge on any atom is -0.493 e. The number of carbonyl (C=O) groups is 1. The Hall–Kier alpha value is -2.63. The highest BCUT2D eigenvalue weighted by molar-refractivity contribution is 5.92. The van der Waals surface area contributed by atoms with E-state index in [0.29, 0.717) is 36.1 Å². The number of carbonyl (C=O) groups excluding carboxylic acids is 1. The fourth-order valence-corrected chi connectivity index (χ4v) is 2.22. The Morgan fingerprint density at radius 3 is 2.42 bits per heavy atom. The van der Waals surface area contributed by atoms with Gasteiger partial charge in [0.15, 0.2) is 17.2 Å².